The number of aryl methyl sites for hydroxylation is 1. The van der Waals surface area contributed by atoms with Gasteiger partial charge in [-0.1, -0.05) is 129 Å². The number of fused-ring (bicyclic) bond motifs is 1. The third kappa shape index (κ3) is 6.76. The van der Waals surface area contributed by atoms with Crippen LogP contribution in [-0.2, 0) is 10.3 Å². The Hall–Kier alpha value is -5.90. The third-order valence-corrected chi connectivity index (χ3v) is 12.3. The number of aliphatic imine (C=N–C) groups is 1. The Balaban J connectivity index is 1.03. The van der Waals surface area contributed by atoms with Crippen molar-refractivity contribution in [3.63, 3.8) is 0 Å². The molecule has 0 aliphatic carbocycles. The Morgan fingerprint density at radius 2 is 1.42 bits per heavy atom. The molecule has 2 unspecified atom stereocenters. The van der Waals surface area contributed by atoms with Gasteiger partial charge in [-0.25, -0.2) is 14.4 Å². The minimum atomic E-state index is -0.639. The second-order valence-corrected chi connectivity index (χ2v) is 16.4. The van der Waals surface area contributed by atoms with Crippen LogP contribution in [-0.4, -0.2) is 81.3 Å². The number of piperazine rings is 1. The van der Waals surface area contributed by atoms with Crippen molar-refractivity contribution in [1.29, 1.82) is 0 Å². The standard InChI is InChI=1S/C49H47ClFN7O/c1-32(2)43-45(33(3)24-25-52-43)57-31-53-46(39-28-40(50)44(54-47(39)57)38-22-14-15-23-41(38)51)56-27-26-55(29-34(56)4)48(59)42-30-58(42)49(35-16-8-5-9-17-35,36-18-10-6-11-19-36)37-20-12-7-13-21-37/h5-25,28,32,34,42H,26-27,29-31H2,1-4H3/t34-,42?,58?/m0/s1. The van der Waals surface area contributed by atoms with Crippen LogP contribution in [0.25, 0.3) is 11.3 Å². The minimum Gasteiger partial charge on any atom is -0.350 e. The quantitative estimate of drug-likeness (QED) is 0.113. The molecule has 5 heterocycles. The zero-order valence-electron chi connectivity index (χ0n) is 33.8. The van der Waals surface area contributed by atoms with E-state index >= 15 is 4.39 Å². The van der Waals surface area contributed by atoms with E-state index in [1.807, 2.05) is 41.4 Å². The number of amidine groups is 1. The summed E-state index contributed by atoms with van der Waals surface area (Å²) >= 11 is 7.01. The molecule has 3 atom stereocenters. The van der Waals surface area contributed by atoms with Crippen LogP contribution in [0.2, 0.25) is 5.02 Å². The van der Waals surface area contributed by atoms with E-state index in [-0.39, 0.29) is 23.9 Å². The van der Waals surface area contributed by atoms with Gasteiger partial charge in [-0.15, -0.1) is 0 Å². The van der Waals surface area contributed by atoms with E-state index in [9.17, 15) is 4.79 Å². The fraction of sp³-hybridized carbons (Fsp3) is 0.265. The molecule has 2 fully saturated rings. The summed E-state index contributed by atoms with van der Waals surface area (Å²) in [5.74, 6) is 1.30. The van der Waals surface area contributed by atoms with Crippen LogP contribution in [0.1, 0.15) is 60.2 Å². The first-order valence-corrected chi connectivity index (χ1v) is 20.8. The lowest BCUT2D eigenvalue weighted by molar-refractivity contribution is -0.133. The second kappa shape index (κ2) is 15.7. The van der Waals surface area contributed by atoms with Gasteiger partial charge in [0.05, 0.1) is 33.2 Å². The summed E-state index contributed by atoms with van der Waals surface area (Å²) in [5, 5.41) is 0.337. The number of amides is 1. The average Bonchev–Trinajstić information content (AvgIpc) is 4.06. The smallest absolute Gasteiger partial charge is 0.241 e. The first-order valence-electron chi connectivity index (χ1n) is 20.4. The van der Waals surface area contributed by atoms with Crippen LogP contribution >= 0.6 is 11.6 Å². The van der Waals surface area contributed by atoms with Crippen molar-refractivity contribution in [2.75, 3.05) is 37.7 Å². The fourth-order valence-corrected chi connectivity index (χ4v) is 9.44. The zero-order chi connectivity index (χ0) is 40.8. The molecule has 0 spiro atoms. The van der Waals surface area contributed by atoms with Crippen molar-refractivity contribution in [3.05, 3.63) is 178 Å². The lowest BCUT2D eigenvalue weighted by atomic mass is 9.76. The molecular formula is C49H47ClFN7O. The second-order valence-electron chi connectivity index (χ2n) is 16.0. The van der Waals surface area contributed by atoms with Crippen molar-refractivity contribution < 1.29 is 9.18 Å². The van der Waals surface area contributed by atoms with Gasteiger partial charge in [-0.3, -0.25) is 14.7 Å². The van der Waals surface area contributed by atoms with Gasteiger partial charge in [-0.05, 0) is 66.3 Å². The number of anilines is 2. The molecule has 3 aliphatic rings. The summed E-state index contributed by atoms with van der Waals surface area (Å²) in [6, 6.07) is 41.7. The Morgan fingerprint density at radius 3 is 2.02 bits per heavy atom. The molecule has 8 nitrogen and oxygen atoms in total. The number of carbonyl (C=O) groups excluding carboxylic acids is 1. The lowest BCUT2D eigenvalue weighted by Gasteiger charge is -2.44. The molecule has 2 saturated heterocycles. The molecule has 0 radical (unpaired) electrons. The molecule has 3 aliphatic heterocycles. The van der Waals surface area contributed by atoms with Gasteiger partial charge in [0.15, 0.2) is 0 Å². The predicted octanol–water partition coefficient (Wildman–Crippen LogP) is 9.43. The van der Waals surface area contributed by atoms with E-state index in [0.717, 1.165) is 45.0 Å². The molecule has 4 aromatic carbocycles. The first kappa shape index (κ1) is 38.6. The molecule has 0 bridgehead atoms. The summed E-state index contributed by atoms with van der Waals surface area (Å²) in [7, 11) is 0. The Bertz CT molecular complexity index is 2440. The van der Waals surface area contributed by atoms with Crippen LogP contribution in [0, 0.1) is 12.7 Å². The first-order chi connectivity index (χ1) is 28.7. The highest BCUT2D eigenvalue weighted by molar-refractivity contribution is 6.33. The maximum absolute atomic E-state index is 15.3. The van der Waals surface area contributed by atoms with Crippen molar-refractivity contribution in [2.24, 2.45) is 4.99 Å². The summed E-state index contributed by atoms with van der Waals surface area (Å²) < 4.78 is 15.3. The molecule has 1 amide bonds. The summed E-state index contributed by atoms with van der Waals surface area (Å²) in [4.78, 5) is 38.5. The van der Waals surface area contributed by atoms with E-state index in [4.69, 9.17) is 26.6 Å². The summed E-state index contributed by atoms with van der Waals surface area (Å²) in [6.45, 7) is 11.0. The van der Waals surface area contributed by atoms with E-state index in [1.165, 1.54) is 6.07 Å². The largest absolute Gasteiger partial charge is 0.350 e. The summed E-state index contributed by atoms with van der Waals surface area (Å²) in [6.07, 6.45) is 1.84. The van der Waals surface area contributed by atoms with Crippen molar-refractivity contribution in [3.8, 4) is 11.3 Å². The van der Waals surface area contributed by atoms with Gasteiger partial charge in [0, 0.05) is 44.0 Å². The number of hydrogen-bond donors (Lipinski definition) is 0. The molecule has 9 rings (SSSR count). The van der Waals surface area contributed by atoms with Crippen LogP contribution in [0.3, 0.4) is 0 Å². The molecule has 59 heavy (non-hydrogen) atoms. The number of rotatable bonds is 8. The predicted molar refractivity (Wildman–Crippen MR) is 234 cm³/mol. The minimum absolute atomic E-state index is 0.0587. The summed E-state index contributed by atoms with van der Waals surface area (Å²) in [5.41, 5.74) is 7.13. The van der Waals surface area contributed by atoms with Crippen LogP contribution in [0.4, 0.5) is 15.9 Å². The van der Waals surface area contributed by atoms with Crippen LogP contribution in [0.15, 0.2) is 139 Å². The maximum Gasteiger partial charge on any atom is 0.241 e. The van der Waals surface area contributed by atoms with Gasteiger partial charge in [0.2, 0.25) is 5.91 Å². The number of aromatic nitrogens is 2. The van der Waals surface area contributed by atoms with Crippen molar-refractivity contribution >= 4 is 34.8 Å². The number of nitrogens with zero attached hydrogens (tertiary/aromatic N) is 7. The van der Waals surface area contributed by atoms with Gasteiger partial charge in [0.1, 0.15) is 30.2 Å². The monoisotopic (exact) mass is 803 g/mol. The highest BCUT2D eigenvalue weighted by Crippen LogP contribution is 2.49. The Morgan fingerprint density at radius 1 is 0.814 bits per heavy atom. The molecule has 0 saturated carbocycles. The van der Waals surface area contributed by atoms with Gasteiger partial charge in [0.25, 0.3) is 0 Å². The molecule has 0 N–H and O–H groups in total. The van der Waals surface area contributed by atoms with E-state index in [0.29, 0.717) is 54.9 Å². The molecule has 2 aromatic heterocycles. The number of halogens is 2. The normalized spacial score (nSPS) is 19.1. The van der Waals surface area contributed by atoms with E-state index in [1.54, 1.807) is 18.2 Å². The third-order valence-electron chi connectivity index (χ3n) is 12.0. The number of carbonyl (C=O) groups is 1. The van der Waals surface area contributed by atoms with E-state index in [2.05, 4.69) is 115 Å². The molecule has 6 aromatic rings. The highest BCUT2D eigenvalue weighted by Gasteiger charge is 2.57. The maximum atomic E-state index is 15.3. The van der Waals surface area contributed by atoms with Crippen molar-refractivity contribution in [1.82, 2.24) is 24.7 Å². The average molecular weight is 804 g/mol. The van der Waals surface area contributed by atoms with Crippen molar-refractivity contribution in [2.45, 2.75) is 51.2 Å². The van der Waals surface area contributed by atoms with Gasteiger partial charge >= 0.3 is 0 Å². The van der Waals surface area contributed by atoms with Crippen LogP contribution < -0.4 is 4.90 Å². The Labute approximate surface area is 350 Å². The zero-order valence-corrected chi connectivity index (χ0v) is 34.5. The topological polar surface area (TPSA) is 67.9 Å². The lowest BCUT2D eigenvalue weighted by Crippen LogP contribution is -2.57. The SMILES string of the molecule is Cc1ccnc(C(C)C)c1N1CN=C(N2CCN(C(=O)C3CN3C(c3ccccc3)(c3ccccc3)c3ccccc3)C[C@@H]2C)c2cc(Cl)c(-c3ccccc3F)nc21. The van der Waals surface area contributed by atoms with Crippen LogP contribution in [0.5, 0.6) is 0 Å². The molecule has 298 valence electrons. The molecule has 10 heteroatoms. The number of hydrogen-bond acceptors (Lipinski definition) is 7. The van der Waals surface area contributed by atoms with E-state index < -0.39 is 11.4 Å². The van der Waals surface area contributed by atoms with Gasteiger partial charge in [-0.2, -0.15) is 0 Å². The fourth-order valence-electron chi connectivity index (χ4n) is 9.19. The number of pyridine rings is 2. The highest BCUT2D eigenvalue weighted by atomic mass is 35.5. The Kier molecular flexibility index (Phi) is 10.3. The number of benzene rings is 4. The van der Waals surface area contributed by atoms with Gasteiger partial charge < -0.3 is 14.7 Å². The molecular weight excluding hydrogens is 757 g/mol.